The summed E-state index contributed by atoms with van der Waals surface area (Å²) in [7, 11) is 0. The highest BCUT2D eigenvalue weighted by Gasteiger charge is 2.47. The standard InChI is InChI=1S/C17H18N2O3S/c20-14-9-22-15-13(8-21-16(14)15)19-17(23)18-12-7-3-5-10-4-1-2-6-11(10)12/h1-7,13-16,20H,8-9H2,(H2,18,19,23)/t13-,14-,15-,16+/m1/s1. The van der Waals surface area contributed by atoms with Crippen molar-refractivity contribution in [3.05, 3.63) is 42.5 Å². The van der Waals surface area contributed by atoms with Crippen molar-refractivity contribution < 1.29 is 14.6 Å². The van der Waals surface area contributed by atoms with Gasteiger partial charge in [0.15, 0.2) is 5.11 Å². The summed E-state index contributed by atoms with van der Waals surface area (Å²) in [6.45, 7) is 0.792. The predicted octanol–water partition coefficient (Wildman–Crippen LogP) is 1.65. The number of benzene rings is 2. The van der Waals surface area contributed by atoms with E-state index in [9.17, 15) is 5.11 Å². The SMILES string of the molecule is O[C@@H]1CO[C@H]2[C@H]1OC[C@H]2NC(=S)Nc1cccc2ccccc12. The first-order valence-electron chi connectivity index (χ1n) is 7.69. The van der Waals surface area contributed by atoms with Gasteiger partial charge in [0, 0.05) is 11.1 Å². The van der Waals surface area contributed by atoms with Gasteiger partial charge < -0.3 is 25.2 Å². The highest BCUT2D eigenvalue weighted by atomic mass is 32.1. The fourth-order valence-electron chi connectivity index (χ4n) is 3.26. The minimum Gasteiger partial charge on any atom is -0.388 e. The minimum atomic E-state index is -0.550. The van der Waals surface area contributed by atoms with Gasteiger partial charge in [0.1, 0.15) is 18.3 Å². The second kappa shape index (κ2) is 6.05. The third-order valence-electron chi connectivity index (χ3n) is 4.38. The van der Waals surface area contributed by atoms with E-state index in [1.165, 1.54) is 0 Å². The Kier molecular flexibility index (Phi) is 3.90. The second-order valence-corrected chi connectivity index (χ2v) is 6.30. The molecule has 4 rings (SSSR count). The molecule has 3 N–H and O–H groups in total. The number of fused-ring (bicyclic) bond motifs is 2. The molecule has 0 aromatic heterocycles. The molecule has 0 aliphatic carbocycles. The summed E-state index contributed by atoms with van der Waals surface area (Å²) < 4.78 is 11.2. The molecule has 0 spiro atoms. The summed E-state index contributed by atoms with van der Waals surface area (Å²) in [5.41, 5.74) is 0.962. The second-order valence-electron chi connectivity index (χ2n) is 5.89. The van der Waals surface area contributed by atoms with Gasteiger partial charge in [-0.25, -0.2) is 0 Å². The molecule has 2 aliphatic heterocycles. The summed E-state index contributed by atoms with van der Waals surface area (Å²) >= 11 is 5.43. The number of aliphatic hydroxyl groups excluding tert-OH is 1. The zero-order valence-electron chi connectivity index (χ0n) is 12.4. The quantitative estimate of drug-likeness (QED) is 0.728. The Labute approximate surface area is 139 Å². The van der Waals surface area contributed by atoms with Crippen LogP contribution in [-0.4, -0.2) is 47.8 Å². The molecule has 0 saturated carbocycles. The van der Waals surface area contributed by atoms with Crippen LogP contribution in [-0.2, 0) is 9.47 Å². The molecule has 2 aliphatic rings. The van der Waals surface area contributed by atoms with Crippen molar-refractivity contribution in [3.63, 3.8) is 0 Å². The topological polar surface area (TPSA) is 62.8 Å². The van der Waals surface area contributed by atoms with Gasteiger partial charge in [0.25, 0.3) is 0 Å². The molecule has 2 aromatic carbocycles. The molecule has 6 heteroatoms. The van der Waals surface area contributed by atoms with Crippen LogP contribution in [0.15, 0.2) is 42.5 Å². The van der Waals surface area contributed by atoms with Crippen molar-refractivity contribution in [2.45, 2.75) is 24.4 Å². The molecule has 5 nitrogen and oxygen atoms in total. The van der Waals surface area contributed by atoms with Crippen LogP contribution in [0.1, 0.15) is 0 Å². The molecule has 23 heavy (non-hydrogen) atoms. The molecule has 4 atom stereocenters. The monoisotopic (exact) mass is 330 g/mol. The Morgan fingerprint density at radius 1 is 1.04 bits per heavy atom. The fourth-order valence-corrected chi connectivity index (χ4v) is 3.53. The molecule has 0 bridgehead atoms. The molecule has 2 heterocycles. The fraction of sp³-hybridized carbons (Fsp3) is 0.353. The first-order chi connectivity index (χ1) is 11.2. The van der Waals surface area contributed by atoms with Crippen molar-refractivity contribution in [2.24, 2.45) is 0 Å². The van der Waals surface area contributed by atoms with E-state index in [2.05, 4.69) is 28.8 Å². The zero-order valence-corrected chi connectivity index (χ0v) is 13.3. The van der Waals surface area contributed by atoms with E-state index in [-0.39, 0.29) is 18.2 Å². The van der Waals surface area contributed by atoms with E-state index < -0.39 is 6.10 Å². The zero-order chi connectivity index (χ0) is 15.8. The lowest BCUT2D eigenvalue weighted by Crippen LogP contribution is -2.45. The molecule has 2 fully saturated rings. The van der Waals surface area contributed by atoms with Gasteiger partial charge >= 0.3 is 0 Å². The highest BCUT2D eigenvalue weighted by Crippen LogP contribution is 2.27. The van der Waals surface area contributed by atoms with Crippen LogP contribution in [0, 0.1) is 0 Å². The Balaban J connectivity index is 1.46. The molecule has 2 saturated heterocycles. The maximum atomic E-state index is 9.78. The molecule has 0 radical (unpaired) electrons. The van der Waals surface area contributed by atoms with Crippen LogP contribution < -0.4 is 10.6 Å². The third-order valence-corrected chi connectivity index (χ3v) is 4.60. The smallest absolute Gasteiger partial charge is 0.171 e. The van der Waals surface area contributed by atoms with E-state index in [1.54, 1.807) is 0 Å². The summed E-state index contributed by atoms with van der Waals surface area (Å²) in [4.78, 5) is 0. The number of hydrogen-bond acceptors (Lipinski definition) is 4. The van der Waals surface area contributed by atoms with Crippen LogP contribution >= 0.6 is 12.2 Å². The Morgan fingerprint density at radius 3 is 2.74 bits per heavy atom. The van der Waals surface area contributed by atoms with Crippen LogP contribution in [0.25, 0.3) is 10.8 Å². The van der Waals surface area contributed by atoms with Gasteiger partial charge in [-0.1, -0.05) is 36.4 Å². The lowest BCUT2D eigenvalue weighted by atomic mass is 10.1. The number of anilines is 1. The predicted molar refractivity (Wildman–Crippen MR) is 92.6 cm³/mol. The maximum absolute atomic E-state index is 9.78. The van der Waals surface area contributed by atoms with Crippen LogP contribution in [0.2, 0.25) is 0 Å². The molecular weight excluding hydrogens is 312 g/mol. The average Bonchev–Trinajstić information content (AvgIpc) is 3.12. The molecule has 120 valence electrons. The number of thiocarbonyl (C=S) groups is 1. The number of aliphatic hydroxyl groups is 1. The van der Waals surface area contributed by atoms with Crippen LogP contribution in [0.5, 0.6) is 0 Å². The van der Waals surface area contributed by atoms with Gasteiger partial charge in [0.2, 0.25) is 0 Å². The third kappa shape index (κ3) is 2.79. The highest BCUT2D eigenvalue weighted by molar-refractivity contribution is 7.80. The maximum Gasteiger partial charge on any atom is 0.171 e. The van der Waals surface area contributed by atoms with Gasteiger partial charge in [0.05, 0.1) is 19.3 Å². The molecule has 0 amide bonds. The summed E-state index contributed by atoms with van der Waals surface area (Å²) in [5, 5.41) is 19.1. The van der Waals surface area contributed by atoms with Crippen molar-refractivity contribution in [1.29, 1.82) is 0 Å². The van der Waals surface area contributed by atoms with E-state index in [0.717, 1.165) is 16.5 Å². The van der Waals surface area contributed by atoms with Crippen molar-refractivity contribution in [2.75, 3.05) is 18.5 Å². The average molecular weight is 330 g/mol. The summed E-state index contributed by atoms with van der Waals surface area (Å²) in [6, 6.07) is 14.2. The Bertz CT molecular complexity index is 733. The molecule has 2 aromatic rings. The van der Waals surface area contributed by atoms with Crippen molar-refractivity contribution in [3.8, 4) is 0 Å². The van der Waals surface area contributed by atoms with Crippen molar-refractivity contribution in [1.82, 2.24) is 5.32 Å². The number of ether oxygens (including phenoxy) is 2. The van der Waals surface area contributed by atoms with E-state index in [0.29, 0.717) is 18.3 Å². The minimum absolute atomic E-state index is 0.0490. The van der Waals surface area contributed by atoms with Gasteiger partial charge in [-0.2, -0.15) is 0 Å². The molecule has 0 unspecified atom stereocenters. The summed E-state index contributed by atoms with van der Waals surface area (Å²) in [5.74, 6) is 0. The Hall–Kier alpha value is -1.73. The van der Waals surface area contributed by atoms with E-state index in [1.807, 2.05) is 24.3 Å². The molecular formula is C17H18N2O3S. The lowest BCUT2D eigenvalue weighted by molar-refractivity contribution is 0.0180. The van der Waals surface area contributed by atoms with Gasteiger partial charge in [-0.3, -0.25) is 0 Å². The van der Waals surface area contributed by atoms with Crippen LogP contribution in [0.3, 0.4) is 0 Å². The normalized spacial score (nSPS) is 29.4. The number of hydrogen-bond donors (Lipinski definition) is 3. The van der Waals surface area contributed by atoms with E-state index in [4.69, 9.17) is 21.7 Å². The van der Waals surface area contributed by atoms with E-state index >= 15 is 0 Å². The van der Waals surface area contributed by atoms with Gasteiger partial charge in [-0.15, -0.1) is 0 Å². The largest absolute Gasteiger partial charge is 0.388 e. The van der Waals surface area contributed by atoms with Crippen LogP contribution in [0.4, 0.5) is 5.69 Å². The number of rotatable bonds is 2. The first kappa shape index (κ1) is 14.8. The summed E-state index contributed by atoms with van der Waals surface area (Å²) in [6.07, 6.45) is -0.962. The first-order valence-corrected chi connectivity index (χ1v) is 8.10. The van der Waals surface area contributed by atoms with Crippen molar-refractivity contribution >= 4 is 33.8 Å². The Morgan fingerprint density at radius 2 is 1.83 bits per heavy atom. The lowest BCUT2D eigenvalue weighted by Gasteiger charge is -2.20. The van der Waals surface area contributed by atoms with Gasteiger partial charge in [-0.05, 0) is 23.7 Å². The number of nitrogens with one attached hydrogen (secondary N) is 2.